The predicted molar refractivity (Wildman–Crippen MR) is 91.9 cm³/mol. The summed E-state index contributed by atoms with van der Waals surface area (Å²) < 4.78 is 13.4. The number of urea groups is 1. The van der Waals surface area contributed by atoms with Crippen molar-refractivity contribution in [1.29, 1.82) is 0 Å². The third kappa shape index (κ3) is 4.61. The Morgan fingerprint density at radius 1 is 1.48 bits per heavy atom. The zero-order chi connectivity index (χ0) is 17.0. The molecule has 1 aliphatic heterocycles. The lowest BCUT2D eigenvalue weighted by atomic mass is 9.97. The van der Waals surface area contributed by atoms with E-state index in [1.807, 2.05) is 6.26 Å². The predicted octanol–water partition coefficient (Wildman–Crippen LogP) is 3.13. The lowest BCUT2D eigenvalue weighted by molar-refractivity contribution is 0.00978. The fourth-order valence-corrected chi connectivity index (χ4v) is 3.65. The zero-order valence-electron chi connectivity index (χ0n) is 13.9. The maximum Gasteiger partial charge on any atom is 0.318 e. The molecular weight excluding hydrogens is 315 g/mol. The summed E-state index contributed by atoms with van der Waals surface area (Å²) in [6, 6.07) is 4.32. The Balaban J connectivity index is 2.02. The molecule has 0 bridgehead atoms. The van der Waals surface area contributed by atoms with Crippen molar-refractivity contribution >= 4 is 17.8 Å². The van der Waals surface area contributed by atoms with Crippen LogP contribution in [0.25, 0.3) is 0 Å². The highest BCUT2D eigenvalue weighted by Crippen LogP contribution is 2.26. The van der Waals surface area contributed by atoms with E-state index in [0.29, 0.717) is 18.8 Å². The van der Waals surface area contributed by atoms with Crippen molar-refractivity contribution in [2.45, 2.75) is 50.6 Å². The van der Waals surface area contributed by atoms with E-state index in [0.717, 1.165) is 24.0 Å². The van der Waals surface area contributed by atoms with Crippen LogP contribution < -0.4 is 5.32 Å². The first-order valence-electron chi connectivity index (χ1n) is 7.86. The molecule has 0 radical (unpaired) electrons. The van der Waals surface area contributed by atoms with Gasteiger partial charge in [-0.25, -0.2) is 9.18 Å². The van der Waals surface area contributed by atoms with Crippen LogP contribution in [0.4, 0.5) is 9.18 Å². The molecule has 0 aliphatic carbocycles. The molecule has 1 aromatic rings. The number of nitrogens with zero attached hydrogens (tertiary/aromatic N) is 1. The summed E-state index contributed by atoms with van der Waals surface area (Å²) in [6.45, 7) is 4.49. The summed E-state index contributed by atoms with van der Waals surface area (Å²) in [6.07, 6.45) is 3.67. The molecule has 6 heteroatoms. The summed E-state index contributed by atoms with van der Waals surface area (Å²) in [7, 11) is 0. The van der Waals surface area contributed by atoms with Crippen LogP contribution in [0.3, 0.4) is 0 Å². The molecular formula is C17H25FN2O2S. The summed E-state index contributed by atoms with van der Waals surface area (Å²) in [5.41, 5.74) is 0.916. The van der Waals surface area contributed by atoms with E-state index in [2.05, 4.69) is 5.32 Å². The van der Waals surface area contributed by atoms with Crippen molar-refractivity contribution in [1.82, 2.24) is 10.2 Å². The molecule has 1 aromatic carbocycles. The van der Waals surface area contributed by atoms with Gasteiger partial charge in [-0.1, -0.05) is 6.07 Å². The van der Waals surface area contributed by atoms with E-state index in [9.17, 15) is 14.3 Å². The third-order valence-electron chi connectivity index (χ3n) is 4.23. The molecule has 4 nitrogen and oxygen atoms in total. The Kier molecular flexibility index (Phi) is 5.92. The van der Waals surface area contributed by atoms with Gasteiger partial charge in [-0.2, -0.15) is 11.8 Å². The van der Waals surface area contributed by atoms with Crippen LogP contribution >= 0.6 is 11.8 Å². The number of aliphatic hydroxyl groups is 1. The van der Waals surface area contributed by atoms with E-state index in [4.69, 9.17) is 0 Å². The number of likely N-dealkylation sites (tertiary alicyclic amines) is 1. The lowest BCUT2D eigenvalue weighted by Gasteiger charge is -2.33. The number of carbonyl (C=O) groups excluding carboxylic acids is 1. The highest BCUT2D eigenvalue weighted by atomic mass is 32.2. The molecule has 1 fully saturated rings. The summed E-state index contributed by atoms with van der Waals surface area (Å²) in [5.74, 6) is 0.449. The maximum absolute atomic E-state index is 13.4. The van der Waals surface area contributed by atoms with Crippen molar-refractivity contribution in [3.05, 3.63) is 35.1 Å². The van der Waals surface area contributed by atoms with Crippen LogP contribution in [0.15, 0.2) is 18.2 Å². The van der Waals surface area contributed by atoms with Gasteiger partial charge < -0.3 is 15.3 Å². The highest BCUT2D eigenvalue weighted by molar-refractivity contribution is 7.97. The molecule has 2 rings (SSSR count). The first-order chi connectivity index (χ1) is 10.8. The molecule has 0 aromatic heterocycles. The van der Waals surface area contributed by atoms with E-state index >= 15 is 0 Å². The Labute approximate surface area is 141 Å². The Morgan fingerprint density at radius 3 is 2.87 bits per heavy atom. The number of thioether (sulfide) groups is 1. The Bertz CT molecular complexity index is 560. The molecule has 0 spiro atoms. The van der Waals surface area contributed by atoms with E-state index in [1.54, 1.807) is 36.6 Å². The summed E-state index contributed by atoms with van der Waals surface area (Å²) >= 11 is 1.62. The Hall–Kier alpha value is -1.27. The van der Waals surface area contributed by atoms with Crippen LogP contribution in [0.2, 0.25) is 0 Å². The van der Waals surface area contributed by atoms with Gasteiger partial charge in [0.15, 0.2) is 0 Å². The minimum atomic E-state index is -0.909. The second kappa shape index (κ2) is 7.53. The number of carbonyl (C=O) groups is 1. The maximum atomic E-state index is 13.4. The molecule has 2 amide bonds. The van der Waals surface area contributed by atoms with Gasteiger partial charge in [-0.15, -0.1) is 0 Å². The highest BCUT2D eigenvalue weighted by Gasteiger charge is 2.38. The standard InChI is InChI=1S/C17H25FN2O2S/c1-17(2,22)15-5-4-8-20(15)16(21)19-10-12-6-7-14(18)9-13(12)11-23-3/h6-7,9,15,22H,4-5,8,10-11H2,1-3H3,(H,19,21)/t15-/m1/s1. The van der Waals surface area contributed by atoms with Crippen molar-refractivity contribution < 1.29 is 14.3 Å². The second-order valence-corrected chi connectivity index (χ2v) is 7.38. The molecule has 1 saturated heterocycles. The molecule has 1 heterocycles. The fraction of sp³-hybridized carbons (Fsp3) is 0.588. The molecule has 0 unspecified atom stereocenters. The van der Waals surface area contributed by atoms with Gasteiger partial charge in [0.25, 0.3) is 0 Å². The topological polar surface area (TPSA) is 52.6 Å². The zero-order valence-corrected chi connectivity index (χ0v) is 14.8. The van der Waals surface area contributed by atoms with Gasteiger partial charge in [0.05, 0.1) is 11.6 Å². The third-order valence-corrected chi connectivity index (χ3v) is 4.83. The number of amides is 2. The first kappa shape index (κ1) is 18.1. The average Bonchev–Trinajstić information content (AvgIpc) is 2.96. The number of halogens is 1. The number of hydrogen-bond acceptors (Lipinski definition) is 3. The van der Waals surface area contributed by atoms with E-state index < -0.39 is 5.60 Å². The van der Waals surface area contributed by atoms with Gasteiger partial charge in [0.2, 0.25) is 0 Å². The number of rotatable bonds is 5. The van der Waals surface area contributed by atoms with Crippen LogP contribution in [0.1, 0.15) is 37.8 Å². The van der Waals surface area contributed by atoms with Crippen molar-refractivity contribution in [3.8, 4) is 0 Å². The number of benzene rings is 1. The Morgan fingerprint density at radius 2 is 2.22 bits per heavy atom. The quantitative estimate of drug-likeness (QED) is 0.866. The second-order valence-electron chi connectivity index (χ2n) is 6.51. The summed E-state index contributed by atoms with van der Waals surface area (Å²) in [4.78, 5) is 14.1. The number of hydrogen-bond donors (Lipinski definition) is 2. The van der Waals surface area contributed by atoms with Gasteiger partial charge in [0.1, 0.15) is 5.82 Å². The van der Waals surface area contributed by atoms with Crippen LogP contribution in [-0.4, -0.2) is 40.5 Å². The summed E-state index contributed by atoms with van der Waals surface area (Å²) in [5, 5.41) is 13.1. The minimum Gasteiger partial charge on any atom is -0.388 e. The minimum absolute atomic E-state index is 0.165. The van der Waals surface area contributed by atoms with Gasteiger partial charge in [-0.3, -0.25) is 0 Å². The molecule has 0 saturated carbocycles. The van der Waals surface area contributed by atoms with Gasteiger partial charge in [-0.05, 0) is 56.2 Å². The van der Waals surface area contributed by atoms with Gasteiger partial charge >= 0.3 is 6.03 Å². The average molecular weight is 340 g/mol. The van der Waals surface area contributed by atoms with E-state index in [-0.39, 0.29) is 17.9 Å². The molecule has 128 valence electrons. The van der Waals surface area contributed by atoms with Crippen LogP contribution in [0, 0.1) is 5.82 Å². The monoisotopic (exact) mass is 340 g/mol. The SMILES string of the molecule is CSCc1cc(F)ccc1CNC(=O)N1CCC[C@@H]1C(C)(C)O. The molecule has 1 aliphatic rings. The van der Waals surface area contributed by atoms with Crippen molar-refractivity contribution in [2.24, 2.45) is 0 Å². The van der Waals surface area contributed by atoms with Gasteiger partial charge in [0, 0.05) is 18.8 Å². The lowest BCUT2D eigenvalue weighted by Crippen LogP contribution is -2.51. The van der Waals surface area contributed by atoms with Crippen molar-refractivity contribution in [2.75, 3.05) is 12.8 Å². The smallest absolute Gasteiger partial charge is 0.318 e. The largest absolute Gasteiger partial charge is 0.388 e. The van der Waals surface area contributed by atoms with Crippen molar-refractivity contribution in [3.63, 3.8) is 0 Å². The molecule has 2 N–H and O–H groups in total. The number of nitrogens with one attached hydrogen (secondary N) is 1. The fourth-order valence-electron chi connectivity index (χ4n) is 3.07. The molecule has 1 atom stereocenters. The van der Waals surface area contributed by atoms with Crippen LogP contribution in [-0.2, 0) is 12.3 Å². The van der Waals surface area contributed by atoms with E-state index in [1.165, 1.54) is 12.1 Å². The molecule has 23 heavy (non-hydrogen) atoms. The van der Waals surface area contributed by atoms with Crippen LogP contribution in [0.5, 0.6) is 0 Å². The normalized spacial score (nSPS) is 18.3. The first-order valence-corrected chi connectivity index (χ1v) is 9.25.